The molecule has 2 aromatic carbocycles. The van der Waals surface area contributed by atoms with Crippen molar-refractivity contribution in [3.8, 4) is 16.9 Å². The van der Waals surface area contributed by atoms with E-state index in [9.17, 15) is 9.18 Å². The molecule has 0 bridgehead atoms. The van der Waals surface area contributed by atoms with Gasteiger partial charge in [0.2, 0.25) is 0 Å². The minimum Gasteiger partial charge on any atom is -0.496 e. The normalized spacial score (nSPS) is 17.8. The highest BCUT2D eigenvalue weighted by Gasteiger charge is 2.52. The Morgan fingerprint density at radius 3 is 2.33 bits per heavy atom. The minimum atomic E-state index is -0.670. The third-order valence-corrected chi connectivity index (χ3v) is 5.70. The Bertz CT molecular complexity index is 882. The van der Waals surface area contributed by atoms with Crippen LogP contribution in [0, 0.1) is 5.82 Å². The van der Waals surface area contributed by atoms with Crippen LogP contribution in [0.4, 0.5) is 4.39 Å². The second kappa shape index (κ2) is 6.93. The second-order valence-corrected chi connectivity index (χ2v) is 7.87. The van der Waals surface area contributed by atoms with Crippen molar-refractivity contribution in [2.24, 2.45) is 0 Å². The molecule has 2 aromatic rings. The quantitative estimate of drug-likeness (QED) is 0.578. The maximum absolute atomic E-state index is 14.3. The number of hydrogen-bond acceptors (Lipinski definition) is 4. The predicted molar refractivity (Wildman–Crippen MR) is 105 cm³/mol. The Kier molecular flexibility index (Phi) is 5.10. The average molecular weight is 391 g/mol. The van der Waals surface area contributed by atoms with Gasteiger partial charge in [-0.15, -0.1) is 0 Å². The van der Waals surface area contributed by atoms with Gasteiger partial charge in [0.05, 0.1) is 23.9 Å². The molecule has 1 fully saturated rings. The summed E-state index contributed by atoms with van der Waals surface area (Å²) in [5.41, 5.74) is 0.624. The van der Waals surface area contributed by atoms with Crippen molar-refractivity contribution in [1.82, 2.24) is 0 Å². The molecule has 0 N–H and O–H groups in total. The number of aldehydes is 1. The van der Waals surface area contributed by atoms with Gasteiger partial charge in [-0.2, -0.15) is 0 Å². The van der Waals surface area contributed by atoms with E-state index in [4.69, 9.17) is 25.6 Å². The molecule has 0 aliphatic carbocycles. The molecule has 27 heavy (non-hydrogen) atoms. The van der Waals surface area contributed by atoms with Crippen molar-refractivity contribution in [2.45, 2.75) is 38.9 Å². The molecular formula is C20H21BClFO4. The van der Waals surface area contributed by atoms with Gasteiger partial charge >= 0.3 is 7.12 Å². The van der Waals surface area contributed by atoms with E-state index in [1.54, 1.807) is 18.2 Å². The van der Waals surface area contributed by atoms with Crippen molar-refractivity contribution in [3.05, 3.63) is 46.7 Å². The fourth-order valence-electron chi connectivity index (χ4n) is 2.96. The lowest BCUT2D eigenvalue weighted by atomic mass is 9.77. The number of benzene rings is 2. The smallest absolute Gasteiger partial charge is 0.496 e. The number of hydrogen-bond donors (Lipinski definition) is 0. The highest BCUT2D eigenvalue weighted by atomic mass is 35.5. The summed E-state index contributed by atoms with van der Waals surface area (Å²) in [6, 6.07) is 8.25. The molecule has 3 rings (SSSR count). The summed E-state index contributed by atoms with van der Waals surface area (Å²) in [7, 11) is 0.747. The number of rotatable bonds is 4. The molecule has 1 saturated heterocycles. The molecule has 0 atom stereocenters. The molecule has 0 spiro atoms. The summed E-state index contributed by atoms with van der Waals surface area (Å²) < 4.78 is 31.6. The van der Waals surface area contributed by atoms with Crippen LogP contribution in [-0.4, -0.2) is 31.7 Å². The molecule has 1 heterocycles. The van der Waals surface area contributed by atoms with Gasteiger partial charge in [-0.05, 0) is 45.4 Å². The Morgan fingerprint density at radius 2 is 1.78 bits per heavy atom. The van der Waals surface area contributed by atoms with Gasteiger partial charge in [-0.3, -0.25) is 4.79 Å². The van der Waals surface area contributed by atoms with Crippen molar-refractivity contribution in [2.75, 3.05) is 7.11 Å². The van der Waals surface area contributed by atoms with Gasteiger partial charge in [0.25, 0.3) is 0 Å². The molecule has 0 amide bonds. The third kappa shape index (κ3) is 3.37. The first-order valence-corrected chi connectivity index (χ1v) is 8.96. The molecule has 0 aromatic heterocycles. The summed E-state index contributed by atoms with van der Waals surface area (Å²) >= 11 is 6.64. The van der Waals surface area contributed by atoms with Crippen LogP contribution >= 0.6 is 11.6 Å². The first-order chi connectivity index (χ1) is 12.6. The predicted octanol–water partition coefficient (Wildman–Crippen LogP) is 4.27. The average Bonchev–Trinajstić information content (AvgIpc) is 2.81. The van der Waals surface area contributed by atoms with E-state index in [1.165, 1.54) is 13.2 Å². The lowest BCUT2D eigenvalue weighted by Gasteiger charge is -2.32. The van der Waals surface area contributed by atoms with E-state index in [1.807, 2.05) is 33.8 Å². The van der Waals surface area contributed by atoms with Crippen LogP contribution < -0.4 is 10.2 Å². The molecule has 0 unspecified atom stereocenters. The molecule has 1 aliphatic rings. The van der Waals surface area contributed by atoms with Crippen LogP contribution in [0.5, 0.6) is 5.75 Å². The summed E-state index contributed by atoms with van der Waals surface area (Å²) in [5, 5.41) is 0.399. The van der Waals surface area contributed by atoms with Crippen molar-refractivity contribution in [3.63, 3.8) is 0 Å². The van der Waals surface area contributed by atoms with Gasteiger partial charge in [0, 0.05) is 16.0 Å². The highest BCUT2D eigenvalue weighted by Crippen LogP contribution is 2.38. The molecule has 0 saturated carbocycles. The zero-order chi connectivity index (χ0) is 20.0. The van der Waals surface area contributed by atoms with Crippen molar-refractivity contribution in [1.29, 1.82) is 0 Å². The number of methoxy groups -OCH3 is 1. The third-order valence-electron chi connectivity index (χ3n) is 5.28. The van der Waals surface area contributed by atoms with E-state index in [-0.39, 0.29) is 11.3 Å². The van der Waals surface area contributed by atoms with Crippen LogP contribution in [0.3, 0.4) is 0 Å². The number of halogens is 2. The van der Waals surface area contributed by atoms with Gasteiger partial charge in [-0.25, -0.2) is 4.39 Å². The molecule has 142 valence electrons. The van der Waals surface area contributed by atoms with Crippen LogP contribution in [-0.2, 0) is 9.31 Å². The molecule has 7 heteroatoms. The van der Waals surface area contributed by atoms with E-state index < -0.39 is 24.1 Å². The van der Waals surface area contributed by atoms with E-state index in [0.29, 0.717) is 27.9 Å². The van der Waals surface area contributed by atoms with Gasteiger partial charge < -0.3 is 14.0 Å². The molecular weight excluding hydrogens is 369 g/mol. The van der Waals surface area contributed by atoms with E-state index >= 15 is 0 Å². The summed E-state index contributed by atoms with van der Waals surface area (Å²) in [6.07, 6.45) is 0.431. The standard InChI is InChI=1S/C20H21BClFO4/c1-19(2)20(3,4)27-21(26-19)15-8-6-7-13(18(15)22)12-9-16(23)14(11-24)17(10-12)25-5/h6-11H,1-5H3. The van der Waals surface area contributed by atoms with Crippen LogP contribution in [0.2, 0.25) is 5.02 Å². The number of ether oxygens (including phenoxy) is 1. The fraction of sp³-hybridized carbons (Fsp3) is 0.350. The summed E-state index contributed by atoms with van der Waals surface area (Å²) in [5.74, 6) is -0.520. The number of carbonyl (C=O) groups excluding carboxylic acids is 1. The maximum Gasteiger partial charge on any atom is 0.496 e. The topological polar surface area (TPSA) is 44.8 Å². The fourth-order valence-corrected chi connectivity index (χ4v) is 3.28. The monoisotopic (exact) mass is 390 g/mol. The summed E-state index contributed by atoms with van der Waals surface area (Å²) in [6.45, 7) is 7.85. The van der Waals surface area contributed by atoms with Gasteiger partial charge in [0.15, 0.2) is 6.29 Å². The van der Waals surface area contributed by atoms with Crippen molar-refractivity contribution >= 4 is 30.5 Å². The lowest BCUT2D eigenvalue weighted by Crippen LogP contribution is -2.41. The van der Waals surface area contributed by atoms with E-state index in [2.05, 4.69) is 0 Å². The maximum atomic E-state index is 14.3. The lowest BCUT2D eigenvalue weighted by molar-refractivity contribution is 0.00578. The molecule has 4 nitrogen and oxygen atoms in total. The molecule has 0 radical (unpaired) electrons. The Morgan fingerprint density at radius 1 is 1.15 bits per heavy atom. The van der Waals surface area contributed by atoms with Crippen molar-refractivity contribution < 1.29 is 23.2 Å². The Labute approximate surface area is 163 Å². The largest absolute Gasteiger partial charge is 0.496 e. The second-order valence-electron chi connectivity index (χ2n) is 7.49. The first kappa shape index (κ1) is 19.9. The van der Waals surface area contributed by atoms with E-state index in [0.717, 1.165) is 0 Å². The zero-order valence-corrected chi connectivity index (χ0v) is 16.7. The van der Waals surface area contributed by atoms with Crippen LogP contribution in [0.1, 0.15) is 38.1 Å². The first-order valence-electron chi connectivity index (χ1n) is 8.58. The SMILES string of the molecule is COc1cc(-c2cccc(B3OC(C)(C)C(C)(C)O3)c2Cl)cc(F)c1C=O. The Hall–Kier alpha value is -1.89. The molecule has 1 aliphatic heterocycles. The van der Waals surface area contributed by atoms with Crippen LogP contribution in [0.25, 0.3) is 11.1 Å². The number of carbonyl (C=O) groups is 1. The summed E-state index contributed by atoms with van der Waals surface area (Å²) in [4.78, 5) is 11.1. The highest BCUT2D eigenvalue weighted by molar-refractivity contribution is 6.66. The zero-order valence-electron chi connectivity index (χ0n) is 15.9. The van der Waals surface area contributed by atoms with Gasteiger partial charge in [0.1, 0.15) is 11.6 Å². The van der Waals surface area contributed by atoms with Gasteiger partial charge in [-0.1, -0.05) is 29.8 Å². The minimum absolute atomic E-state index is 0.125. The Balaban J connectivity index is 2.07. The van der Waals surface area contributed by atoms with Crippen LogP contribution in [0.15, 0.2) is 30.3 Å².